The highest BCUT2D eigenvalue weighted by atomic mass is 32.1. The minimum atomic E-state index is 0.0339. The molecule has 5 nitrogen and oxygen atoms in total. The van der Waals surface area contributed by atoms with Crippen molar-refractivity contribution in [2.75, 3.05) is 41.3 Å². The van der Waals surface area contributed by atoms with Crippen molar-refractivity contribution in [2.45, 2.75) is 19.3 Å². The van der Waals surface area contributed by atoms with E-state index in [1.165, 1.54) is 10.4 Å². The zero-order chi connectivity index (χ0) is 16.3. The molecule has 6 heteroatoms. The third-order valence-corrected chi connectivity index (χ3v) is 5.15. The Morgan fingerprint density at radius 2 is 2.05 bits per heavy atom. The second-order valence-corrected chi connectivity index (χ2v) is 7.43. The first-order chi connectivity index (χ1) is 10.4. The van der Waals surface area contributed by atoms with Crippen LogP contribution in [-0.4, -0.2) is 62.9 Å². The predicted octanol–water partition coefficient (Wildman–Crippen LogP) is 1.23. The molecule has 0 unspecified atom stereocenters. The largest absolute Gasteiger partial charge is 0.355 e. The highest BCUT2D eigenvalue weighted by molar-refractivity contribution is 7.14. The summed E-state index contributed by atoms with van der Waals surface area (Å²) in [6.45, 7) is 1.53. The number of hydrogen-bond donors (Lipinski definition) is 1. The summed E-state index contributed by atoms with van der Waals surface area (Å²) < 4.78 is 0. The Morgan fingerprint density at radius 3 is 2.68 bits per heavy atom. The van der Waals surface area contributed by atoms with Gasteiger partial charge in [-0.1, -0.05) is 0 Å². The van der Waals surface area contributed by atoms with Crippen molar-refractivity contribution >= 4 is 23.2 Å². The molecule has 1 N–H and O–H groups in total. The van der Waals surface area contributed by atoms with Crippen LogP contribution >= 0.6 is 11.3 Å². The zero-order valence-corrected chi connectivity index (χ0v) is 14.6. The van der Waals surface area contributed by atoms with E-state index in [4.69, 9.17) is 0 Å². The number of likely N-dealkylation sites (N-methyl/N-ethyl adjacent to an activating group) is 1. The van der Waals surface area contributed by atoms with E-state index in [1.54, 1.807) is 30.3 Å². The number of carbonyl (C=O) groups excluding carboxylic acids is 2. The Balaban J connectivity index is 1.96. The van der Waals surface area contributed by atoms with Gasteiger partial charge in [-0.2, -0.15) is 0 Å². The van der Waals surface area contributed by atoms with Gasteiger partial charge in [0.05, 0.1) is 4.88 Å². The van der Waals surface area contributed by atoms with E-state index >= 15 is 0 Å². The molecule has 1 aromatic heterocycles. The summed E-state index contributed by atoms with van der Waals surface area (Å²) in [5.74, 6) is 0.220. The summed E-state index contributed by atoms with van der Waals surface area (Å²) in [6, 6.07) is 1.97. The van der Waals surface area contributed by atoms with Gasteiger partial charge in [0.25, 0.3) is 5.91 Å². The Morgan fingerprint density at radius 1 is 1.32 bits per heavy atom. The van der Waals surface area contributed by atoms with Crippen LogP contribution in [0.4, 0.5) is 0 Å². The van der Waals surface area contributed by atoms with Crippen LogP contribution in [0.3, 0.4) is 0 Å². The molecule has 1 atom stereocenters. The van der Waals surface area contributed by atoms with Crippen LogP contribution in [0.15, 0.2) is 6.07 Å². The Labute approximate surface area is 136 Å². The van der Waals surface area contributed by atoms with Crippen molar-refractivity contribution in [1.29, 1.82) is 0 Å². The number of hydrogen-bond acceptors (Lipinski definition) is 4. The van der Waals surface area contributed by atoms with Gasteiger partial charge in [0.2, 0.25) is 5.91 Å². The van der Waals surface area contributed by atoms with Crippen molar-refractivity contribution in [3.63, 3.8) is 0 Å². The lowest BCUT2D eigenvalue weighted by Gasteiger charge is -2.21. The Bertz CT molecular complexity index is 552. The van der Waals surface area contributed by atoms with Crippen molar-refractivity contribution in [1.82, 2.24) is 15.1 Å². The SMILES string of the molecule is CN(C)CCNC(=O)[C@@H]1CCc2sc(C(=O)N(C)C)cc2C1. The molecule has 0 bridgehead atoms. The molecule has 2 rings (SSSR count). The van der Waals surface area contributed by atoms with Crippen LogP contribution in [0.5, 0.6) is 0 Å². The highest BCUT2D eigenvalue weighted by Crippen LogP contribution is 2.32. The van der Waals surface area contributed by atoms with E-state index in [0.29, 0.717) is 6.54 Å². The van der Waals surface area contributed by atoms with Crippen molar-refractivity contribution < 1.29 is 9.59 Å². The van der Waals surface area contributed by atoms with Crippen molar-refractivity contribution in [3.05, 3.63) is 21.4 Å². The number of rotatable bonds is 5. The van der Waals surface area contributed by atoms with Crippen LogP contribution in [0.25, 0.3) is 0 Å². The van der Waals surface area contributed by atoms with Gasteiger partial charge in [-0.05, 0) is 45.0 Å². The van der Waals surface area contributed by atoms with E-state index in [0.717, 1.165) is 30.7 Å². The van der Waals surface area contributed by atoms with E-state index in [2.05, 4.69) is 10.2 Å². The first-order valence-electron chi connectivity index (χ1n) is 7.64. The first-order valence-corrected chi connectivity index (χ1v) is 8.45. The Kier molecular flexibility index (Phi) is 5.58. The number of nitrogens with one attached hydrogen (secondary N) is 1. The summed E-state index contributed by atoms with van der Waals surface area (Å²) in [5, 5.41) is 3.01. The predicted molar refractivity (Wildman–Crippen MR) is 89.4 cm³/mol. The van der Waals surface area contributed by atoms with Crippen LogP contribution in [0, 0.1) is 5.92 Å². The molecular weight excluding hydrogens is 298 g/mol. The van der Waals surface area contributed by atoms with E-state index in [1.807, 2.05) is 20.2 Å². The molecule has 0 spiro atoms. The van der Waals surface area contributed by atoms with Crippen LogP contribution < -0.4 is 5.32 Å². The molecule has 22 heavy (non-hydrogen) atoms. The third-order valence-electron chi connectivity index (χ3n) is 3.93. The topological polar surface area (TPSA) is 52.7 Å². The lowest BCUT2D eigenvalue weighted by molar-refractivity contribution is -0.125. The summed E-state index contributed by atoms with van der Waals surface area (Å²) >= 11 is 1.58. The van der Waals surface area contributed by atoms with Gasteiger partial charge in [-0.15, -0.1) is 11.3 Å². The number of carbonyl (C=O) groups is 2. The number of thiophene rings is 1. The monoisotopic (exact) mass is 323 g/mol. The fraction of sp³-hybridized carbons (Fsp3) is 0.625. The Hall–Kier alpha value is -1.40. The lowest BCUT2D eigenvalue weighted by atomic mass is 9.88. The molecule has 1 aromatic rings. The minimum Gasteiger partial charge on any atom is -0.355 e. The molecule has 0 aliphatic heterocycles. The number of nitrogens with zero attached hydrogens (tertiary/aromatic N) is 2. The number of fused-ring (bicyclic) bond motifs is 1. The fourth-order valence-corrected chi connectivity index (χ4v) is 3.85. The molecule has 2 amide bonds. The molecule has 1 heterocycles. The molecule has 0 saturated heterocycles. The quantitative estimate of drug-likeness (QED) is 0.887. The van der Waals surface area contributed by atoms with Gasteiger partial charge in [-0.25, -0.2) is 0 Å². The smallest absolute Gasteiger partial charge is 0.263 e. The molecule has 1 aliphatic carbocycles. The summed E-state index contributed by atoms with van der Waals surface area (Å²) in [4.78, 5) is 30.0. The van der Waals surface area contributed by atoms with Crippen molar-refractivity contribution in [2.24, 2.45) is 5.92 Å². The van der Waals surface area contributed by atoms with E-state index in [9.17, 15) is 9.59 Å². The van der Waals surface area contributed by atoms with Gasteiger partial charge < -0.3 is 15.1 Å². The number of aryl methyl sites for hydroxylation is 1. The van der Waals surface area contributed by atoms with Gasteiger partial charge in [0.1, 0.15) is 0 Å². The molecule has 122 valence electrons. The summed E-state index contributed by atoms with van der Waals surface area (Å²) in [6.07, 6.45) is 2.52. The molecule has 0 fully saturated rings. The standard InChI is InChI=1S/C16H25N3O2S/c1-18(2)8-7-17-15(20)11-5-6-13-12(9-11)10-14(22-13)16(21)19(3)4/h10-11H,5-9H2,1-4H3,(H,17,20)/t11-/m1/s1. The average molecular weight is 323 g/mol. The van der Waals surface area contributed by atoms with Crippen LogP contribution in [0.2, 0.25) is 0 Å². The van der Waals surface area contributed by atoms with Gasteiger partial charge in [-0.3, -0.25) is 9.59 Å². The second-order valence-electron chi connectivity index (χ2n) is 6.29. The third kappa shape index (κ3) is 4.08. The van der Waals surface area contributed by atoms with Crippen LogP contribution in [0.1, 0.15) is 26.5 Å². The maximum Gasteiger partial charge on any atom is 0.263 e. The summed E-state index contributed by atoms with van der Waals surface area (Å²) in [7, 11) is 7.52. The van der Waals surface area contributed by atoms with E-state index in [-0.39, 0.29) is 17.7 Å². The van der Waals surface area contributed by atoms with E-state index < -0.39 is 0 Å². The van der Waals surface area contributed by atoms with Gasteiger partial charge in [0, 0.05) is 38.0 Å². The summed E-state index contributed by atoms with van der Waals surface area (Å²) in [5.41, 5.74) is 1.18. The molecule has 0 aromatic carbocycles. The van der Waals surface area contributed by atoms with Crippen LogP contribution in [-0.2, 0) is 17.6 Å². The maximum atomic E-state index is 12.2. The fourth-order valence-electron chi connectivity index (χ4n) is 2.62. The average Bonchev–Trinajstić information content (AvgIpc) is 2.88. The molecule has 1 aliphatic rings. The normalized spacial score (nSPS) is 17.2. The number of amides is 2. The minimum absolute atomic E-state index is 0.0339. The molecule has 0 radical (unpaired) electrons. The zero-order valence-electron chi connectivity index (χ0n) is 13.8. The molecule has 0 saturated carbocycles. The maximum absolute atomic E-state index is 12.2. The highest BCUT2D eigenvalue weighted by Gasteiger charge is 2.27. The first kappa shape index (κ1) is 17.0. The van der Waals surface area contributed by atoms with Gasteiger partial charge in [0.15, 0.2) is 0 Å². The molecular formula is C16H25N3O2S. The lowest BCUT2D eigenvalue weighted by Crippen LogP contribution is -2.37. The van der Waals surface area contributed by atoms with Gasteiger partial charge >= 0.3 is 0 Å². The van der Waals surface area contributed by atoms with Crippen molar-refractivity contribution in [3.8, 4) is 0 Å². The second kappa shape index (κ2) is 7.24.